The van der Waals surface area contributed by atoms with Gasteiger partial charge in [0.1, 0.15) is 0 Å². The van der Waals surface area contributed by atoms with E-state index in [9.17, 15) is 0 Å². The van der Waals surface area contributed by atoms with E-state index >= 15 is 0 Å². The Morgan fingerprint density at radius 3 is 2.62 bits per heavy atom. The van der Waals surface area contributed by atoms with E-state index in [1.54, 1.807) is 0 Å². The third kappa shape index (κ3) is 3.21. The number of benzene rings is 1. The van der Waals surface area contributed by atoms with Crippen LogP contribution in [0.15, 0.2) is 18.2 Å². The summed E-state index contributed by atoms with van der Waals surface area (Å²) in [6.45, 7) is 2.19. The van der Waals surface area contributed by atoms with Crippen molar-refractivity contribution in [2.24, 2.45) is 0 Å². The van der Waals surface area contributed by atoms with Crippen molar-refractivity contribution in [3.05, 3.63) is 34.3 Å². The van der Waals surface area contributed by atoms with Crippen LogP contribution < -0.4 is 0 Å². The van der Waals surface area contributed by atoms with Crippen molar-refractivity contribution in [3.63, 3.8) is 0 Å². The first-order chi connectivity index (χ1) is 6.27. The molecule has 0 nitrogen and oxygen atoms in total. The van der Waals surface area contributed by atoms with Crippen LogP contribution >= 0.6 is 23.2 Å². The van der Waals surface area contributed by atoms with Gasteiger partial charge in [-0.05, 0) is 30.0 Å². The molecular formula is C11H14Cl2. The fourth-order valence-electron chi connectivity index (χ4n) is 1.24. The summed E-state index contributed by atoms with van der Waals surface area (Å²) in [6, 6.07) is 6.15. The molecule has 0 saturated carbocycles. The molecule has 0 heterocycles. The van der Waals surface area contributed by atoms with Crippen LogP contribution in [-0.4, -0.2) is 0 Å². The molecule has 0 radical (unpaired) electrons. The van der Waals surface area contributed by atoms with Crippen LogP contribution in [0.1, 0.15) is 30.9 Å². The van der Waals surface area contributed by atoms with Crippen molar-refractivity contribution in [1.29, 1.82) is 0 Å². The van der Waals surface area contributed by atoms with Gasteiger partial charge in [0.15, 0.2) is 0 Å². The molecule has 0 aromatic heterocycles. The lowest BCUT2D eigenvalue weighted by atomic mass is 10.1. The van der Waals surface area contributed by atoms with Gasteiger partial charge >= 0.3 is 0 Å². The minimum Gasteiger partial charge on any atom is -0.121 e. The van der Waals surface area contributed by atoms with Gasteiger partial charge in [-0.1, -0.05) is 37.1 Å². The SMILES string of the molecule is CCCCc1ccc(CCl)c(Cl)c1. The highest BCUT2D eigenvalue weighted by Crippen LogP contribution is 2.20. The normalized spacial score (nSPS) is 10.4. The molecule has 1 aromatic rings. The third-order valence-electron chi connectivity index (χ3n) is 2.08. The molecule has 13 heavy (non-hydrogen) atoms. The standard InChI is InChI=1S/C11H14Cl2/c1-2-3-4-9-5-6-10(8-12)11(13)7-9/h5-7H,2-4,8H2,1H3. The summed E-state index contributed by atoms with van der Waals surface area (Å²) in [5, 5.41) is 0.795. The molecule has 0 N–H and O–H groups in total. The number of aryl methyl sites for hydroxylation is 1. The van der Waals surface area contributed by atoms with Gasteiger partial charge in [-0.15, -0.1) is 11.6 Å². The molecule has 0 aliphatic rings. The maximum atomic E-state index is 6.02. The van der Waals surface area contributed by atoms with Crippen molar-refractivity contribution < 1.29 is 0 Å². The predicted molar refractivity (Wildman–Crippen MR) is 59.6 cm³/mol. The molecule has 0 aliphatic carbocycles. The fraction of sp³-hybridized carbons (Fsp3) is 0.455. The van der Waals surface area contributed by atoms with Crippen molar-refractivity contribution in [1.82, 2.24) is 0 Å². The highest BCUT2D eigenvalue weighted by atomic mass is 35.5. The summed E-state index contributed by atoms with van der Waals surface area (Å²) in [7, 11) is 0. The van der Waals surface area contributed by atoms with Crippen LogP contribution in [0.3, 0.4) is 0 Å². The summed E-state index contributed by atoms with van der Waals surface area (Å²) in [5.74, 6) is 0.493. The van der Waals surface area contributed by atoms with Crippen LogP contribution in [-0.2, 0) is 12.3 Å². The Labute approximate surface area is 89.9 Å². The number of alkyl halides is 1. The van der Waals surface area contributed by atoms with E-state index in [0.29, 0.717) is 5.88 Å². The predicted octanol–water partition coefficient (Wildman–Crippen LogP) is 4.42. The summed E-state index contributed by atoms with van der Waals surface area (Å²) < 4.78 is 0. The number of halogens is 2. The topological polar surface area (TPSA) is 0 Å². The maximum Gasteiger partial charge on any atom is 0.0488 e. The monoisotopic (exact) mass is 216 g/mol. The molecule has 2 heteroatoms. The zero-order valence-corrected chi connectivity index (χ0v) is 9.33. The Bertz CT molecular complexity index is 269. The number of hydrogen-bond acceptors (Lipinski definition) is 0. The Hall–Kier alpha value is -0.200. The van der Waals surface area contributed by atoms with E-state index in [2.05, 4.69) is 13.0 Å². The molecule has 0 atom stereocenters. The van der Waals surface area contributed by atoms with Crippen molar-refractivity contribution in [3.8, 4) is 0 Å². The molecule has 1 aromatic carbocycles. The Morgan fingerprint density at radius 2 is 2.08 bits per heavy atom. The van der Waals surface area contributed by atoms with Crippen molar-refractivity contribution in [2.45, 2.75) is 32.1 Å². The Morgan fingerprint density at radius 1 is 1.31 bits per heavy atom. The lowest BCUT2D eigenvalue weighted by Gasteiger charge is -2.03. The average molecular weight is 217 g/mol. The van der Waals surface area contributed by atoms with Crippen LogP contribution in [0.25, 0.3) is 0 Å². The Kier molecular flexibility index (Phi) is 4.61. The smallest absolute Gasteiger partial charge is 0.0488 e. The third-order valence-corrected chi connectivity index (χ3v) is 2.72. The quantitative estimate of drug-likeness (QED) is 0.655. The highest BCUT2D eigenvalue weighted by Gasteiger charge is 2.00. The van der Waals surface area contributed by atoms with Gasteiger partial charge in [-0.25, -0.2) is 0 Å². The molecule has 1 rings (SSSR count). The molecule has 0 spiro atoms. The van der Waals surface area contributed by atoms with E-state index in [1.807, 2.05) is 12.1 Å². The first-order valence-corrected chi connectivity index (χ1v) is 5.52. The molecule has 0 bridgehead atoms. The molecule has 0 unspecified atom stereocenters. The minimum atomic E-state index is 0.493. The fourth-order valence-corrected chi connectivity index (χ4v) is 1.81. The van der Waals surface area contributed by atoms with Gasteiger partial charge in [0.05, 0.1) is 0 Å². The second-order valence-electron chi connectivity index (χ2n) is 3.16. The summed E-state index contributed by atoms with van der Waals surface area (Å²) >= 11 is 11.7. The first-order valence-electron chi connectivity index (χ1n) is 4.61. The molecule has 0 amide bonds. The van der Waals surface area contributed by atoms with Gasteiger partial charge in [0.2, 0.25) is 0 Å². The lowest BCUT2D eigenvalue weighted by molar-refractivity contribution is 0.795. The Balaban J connectivity index is 2.71. The molecule has 72 valence electrons. The summed E-state index contributed by atoms with van der Waals surface area (Å²) in [6.07, 6.45) is 3.55. The number of hydrogen-bond donors (Lipinski definition) is 0. The van der Waals surface area contributed by atoms with E-state index in [0.717, 1.165) is 17.0 Å². The zero-order chi connectivity index (χ0) is 9.68. The van der Waals surface area contributed by atoms with Gasteiger partial charge < -0.3 is 0 Å². The van der Waals surface area contributed by atoms with Crippen molar-refractivity contribution in [2.75, 3.05) is 0 Å². The highest BCUT2D eigenvalue weighted by molar-refractivity contribution is 6.32. The molecule has 0 aliphatic heterocycles. The summed E-state index contributed by atoms with van der Waals surface area (Å²) in [4.78, 5) is 0. The van der Waals surface area contributed by atoms with Crippen LogP contribution in [0, 0.1) is 0 Å². The average Bonchev–Trinajstić information content (AvgIpc) is 2.15. The van der Waals surface area contributed by atoms with Crippen LogP contribution in [0.4, 0.5) is 0 Å². The van der Waals surface area contributed by atoms with Crippen LogP contribution in [0.2, 0.25) is 5.02 Å². The lowest BCUT2D eigenvalue weighted by Crippen LogP contribution is -1.87. The number of rotatable bonds is 4. The second kappa shape index (κ2) is 5.51. The van der Waals surface area contributed by atoms with Crippen molar-refractivity contribution >= 4 is 23.2 Å². The second-order valence-corrected chi connectivity index (χ2v) is 3.84. The van der Waals surface area contributed by atoms with Crippen LogP contribution in [0.5, 0.6) is 0 Å². The first kappa shape index (κ1) is 10.9. The largest absolute Gasteiger partial charge is 0.121 e. The molecule has 0 fully saturated rings. The van der Waals surface area contributed by atoms with Gasteiger partial charge in [0.25, 0.3) is 0 Å². The van der Waals surface area contributed by atoms with Gasteiger partial charge in [0, 0.05) is 10.9 Å². The van der Waals surface area contributed by atoms with E-state index in [-0.39, 0.29) is 0 Å². The van der Waals surface area contributed by atoms with E-state index in [4.69, 9.17) is 23.2 Å². The summed E-state index contributed by atoms with van der Waals surface area (Å²) in [5.41, 5.74) is 2.32. The minimum absolute atomic E-state index is 0.493. The van der Waals surface area contributed by atoms with E-state index < -0.39 is 0 Å². The van der Waals surface area contributed by atoms with Gasteiger partial charge in [-0.2, -0.15) is 0 Å². The molecule has 0 saturated heterocycles. The molecular weight excluding hydrogens is 203 g/mol. The maximum absolute atomic E-state index is 6.02. The zero-order valence-electron chi connectivity index (χ0n) is 7.82. The number of unbranched alkanes of at least 4 members (excludes halogenated alkanes) is 1. The van der Waals surface area contributed by atoms with E-state index in [1.165, 1.54) is 18.4 Å². The van der Waals surface area contributed by atoms with Gasteiger partial charge in [-0.3, -0.25) is 0 Å².